The summed E-state index contributed by atoms with van der Waals surface area (Å²) in [5.41, 5.74) is 0.0491. The molecule has 1 aromatic rings. The van der Waals surface area contributed by atoms with Gasteiger partial charge >= 0.3 is 0 Å². The highest BCUT2D eigenvalue weighted by atomic mass is 16.3. The fraction of sp³-hybridized carbons (Fsp3) is 0.562. The van der Waals surface area contributed by atoms with Crippen molar-refractivity contribution in [1.29, 1.82) is 0 Å². The third-order valence-electron chi connectivity index (χ3n) is 4.18. The first-order valence-corrected chi connectivity index (χ1v) is 6.92. The molecule has 0 spiro atoms. The quantitative estimate of drug-likeness (QED) is 0.843. The molecule has 3 heteroatoms. The molecule has 1 aliphatic rings. The molecule has 0 radical (unpaired) electrons. The van der Waals surface area contributed by atoms with Crippen LogP contribution in [-0.2, 0) is 10.2 Å². The van der Waals surface area contributed by atoms with Crippen LogP contribution in [0.5, 0.6) is 0 Å². The number of benzene rings is 1. The van der Waals surface area contributed by atoms with E-state index in [2.05, 4.69) is 4.90 Å². The lowest BCUT2D eigenvalue weighted by Gasteiger charge is -2.39. The Bertz CT molecular complexity index is 420. The number of aldehydes is 1. The number of piperidine rings is 1. The normalized spacial score (nSPS) is 22.7. The third kappa shape index (κ3) is 3.43. The second-order valence-electron chi connectivity index (χ2n) is 6.17. The van der Waals surface area contributed by atoms with Crippen LogP contribution in [0.1, 0.15) is 32.3 Å². The Balaban J connectivity index is 2.06. The van der Waals surface area contributed by atoms with Gasteiger partial charge in [0.25, 0.3) is 0 Å². The lowest BCUT2D eigenvalue weighted by atomic mass is 9.82. The number of aliphatic hydroxyl groups is 1. The first kappa shape index (κ1) is 14.2. The summed E-state index contributed by atoms with van der Waals surface area (Å²) >= 11 is 0. The summed E-state index contributed by atoms with van der Waals surface area (Å²) < 4.78 is 0. The highest BCUT2D eigenvalue weighted by molar-refractivity contribution is 5.68. The molecule has 1 heterocycles. The molecule has 0 aliphatic carbocycles. The third-order valence-corrected chi connectivity index (χ3v) is 4.18. The van der Waals surface area contributed by atoms with E-state index < -0.39 is 11.0 Å². The molecule has 19 heavy (non-hydrogen) atoms. The highest BCUT2D eigenvalue weighted by Crippen LogP contribution is 2.27. The van der Waals surface area contributed by atoms with E-state index in [-0.39, 0.29) is 0 Å². The van der Waals surface area contributed by atoms with Crippen LogP contribution in [0.4, 0.5) is 0 Å². The van der Waals surface area contributed by atoms with E-state index in [1.165, 1.54) is 0 Å². The van der Waals surface area contributed by atoms with Gasteiger partial charge in [0, 0.05) is 19.6 Å². The van der Waals surface area contributed by atoms with Crippen LogP contribution in [0.25, 0.3) is 0 Å². The van der Waals surface area contributed by atoms with Gasteiger partial charge in [-0.15, -0.1) is 0 Å². The molecule has 0 saturated carbocycles. The van der Waals surface area contributed by atoms with Crippen LogP contribution < -0.4 is 0 Å². The molecule has 0 amide bonds. The van der Waals surface area contributed by atoms with E-state index >= 15 is 0 Å². The van der Waals surface area contributed by atoms with Gasteiger partial charge in [-0.2, -0.15) is 0 Å². The molecule has 1 aromatic carbocycles. The lowest BCUT2D eigenvalue weighted by Crippen LogP contribution is -2.47. The van der Waals surface area contributed by atoms with Crippen LogP contribution in [0, 0.1) is 0 Å². The van der Waals surface area contributed by atoms with Crippen LogP contribution in [0.15, 0.2) is 30.3 Å². The summed E-state index contributed by atoms with van der Waals surface area (Å²) in [6, 6.07) is 9.92. The van der Waals surface area contributed by atoms with Crippen molar-refractivity contribution in [2.45, 2.75) is 37.7 Å². The summed E-state index contributed by atoms with van der Waals surface area (Å²) in [4.78, 5) is 13.8. The van der Waals surface area contributed by atoms with Crippen LogP contribution in [-0.4, -0.2) is 41.5 Å². The minimum absolute atomic E-state index is 0.468. The molecule has 1 unspecified atom stereocenters. The Morgan fingerprint density at radius 1 is 1.32 bits per heavy atom. The number of carbonyl (C=O) groups is 1. The zero-order chi connectivity index (χ0) is 13.9. The number of rotatable bonds is 4. The molecule has 104 valence electrons. The van der Waals surface area contributed by atoms with Gasteiger partial charge in [0.2, 0.25) is 0 Å². The Morgan fingerprint density at radius 3 is 2.42 bits per heavy atom. The fourth-order valence-electron chi connectivity index (χ4n) is 2.67. The van der Waals surface area contributed by atoms with Crippen molar-refractivity contribution in [3.63, 3.8) is 0 Å². The summed E-state index contributed by atoms with van der Waals surface area (Å²) in [5, 5.41) is 9.97. The van der Waals surface area contributed by atoms with Gasteiger partial charge in [0.1, 0.15) is 6.29 Å². The molecule has 1 aliphatic heterocycles. The summed E-state index contributed by atoms with van der Waals surface area (Å²) in [6.45, 7) is 6.30. The van der Waals surface area contributed by atoms with E-state index in [4.69, 9.17) is 0 Å². The van der Waals surface area contributed by atoms with Gasteiger partial charge in [-0.1, -0.05) is 30.3 Å². The van der Waals surface area contributed by atoms with Crippen molar-refractivity contribution in [3.05, 3.63) is 35.9 Å². The van der Waals surface area contributed by atoms with Crippen LogP contribution in [0.2, 0.25) is 0 Å². The molecule has 1 atom stereocenters. The molecule has 1 saturated heterocycles. The van der Waals surface area contributed by atoms with Crippen molar-refractivity contribution in [3.8, 4) is 0 Å². The maximum Gasteiger partial charge on any atom is 0.131 e. The average Bonchev–Trinajstić information content (AvgIpc) is 2.42. The minimum Gasteiger partial charge on any atom is -0.390 e. The molecule has 3 nitrogen and oxygen atoms in total. The molecule has 0 bridgehead atoms. The molecular weight excluding hydrogens is 238 g/mol. The monoisotopic (exact) mass is 261 g/mol. The predicted octanol–water partition coefficient (Wildman–Crippen LogP) is 1.99. The van der Waals surface area contributed by atoms with Gasteiger partial charge in [-0.05, 0) is 32.3 Å². The Labute approximate surface area is 115 Å². The maximum absolute atomic E-state index is 11.6. The number of hydrogen-bond acceptors (Lipinski definition) is 3. The van der Waals surface area contributed by atoms with Crippen molar-refractivity contribution in [2.75, 3.05) is 19.6 Å². The second-order valence-corrected chi connectivity index (χ2v) is 6.17. The zero-order valence-electron chi connectivity index (χ0n) is 11.8. The van der Waals surface area contributed by atoms with Gasteiger partial charge in [-0.3, -0.25) is 0 Å². The van der Waals surface area contributed by atoms with Crippen molar-refractivity contribution >= 4 is 6.29 Å². The predicted molar refractivity (Wildman–Crippen MR) is 76.2 cm³/mol. The molecule has 1 N–H and O–H groups in total. The standard InChI is InChI=1S/C16H23NO2/c1-15(13-18,14-6-4-3-5-7-14)12-17-10-8-16(2,19)9-11-17/h3-7,13,19H,8-12H2,1-2H3. The Morgan fingerprint density at radius 2 is 1.89 bits per heavy atom. The van der Waals surface area contributed by atoms with Gasteiger partial charge < -0.3 is 14.8 Å². The van der Waals surface area contributed by atoms with E-state index in [1.807, 2.05) is 44.2 Å². The Hall–Kier alpha value is -1.19. The SMILES string of the molecule is CC1(O)CCN(CC(C)(C=O)c2ccccc2)CC1. The van der Waals surface area contributed by atoms with Gasteiger partial charge in [0.15, 0.2) is 0 Å². The van der Waals surface area contributed by atoms with Crippen LogP contribution >= 0.6 is 0 Å². The minimum atomic E-state index is -0.541. The number of hydrogen-bond donors (Lipinski definition) is 1. The Kier molecular flexibility index (Phi) is 4.07. The van der Waals surface area contributed by atoms with E-state index in [0.29, 0.717) is 0 Å². The van der Waals surface area contributed by atoms with E-state index in [1.54, 1.807) is 0 Å². The van der Waals surface area contributed by atoms with Crippen molar-refractivity contribution in [2.24, 2.45) is 0 Å². The van der Waals surface area contributed by atoms with Crippen LogP contribution in [0.3, 0.4) is 0 Å². The van der Waals surface area contributed by atoms with Gasteiger partial charge in [0.05, 0.1) is 11.0 Å². The van der Waals surface area contributed by atoms with E-state index in [9.17, 15) is 9.90 Å². The van der Waals surface area contributed by atoms with Gasteiger partial charge in [-0.25, -0.2) is 0 Å². The number of likely N-dealkylation sites (tertiary alicyclic amines) is 1. The largest absolute Gasteiger partial charge is 0.390 e. The first-order valence-electron chi connectivity index (χ1n) is 6.92. The summed E-state index contributed by atoms with van der Waals surface area (Å²) in [5.74, 6) is 0. The first-order chi connectivity index (χ1) is 8.95. The number of carbonyl (C=O) groups excluding carboxylic acids is 1. The summed E-state index contributed by atoms with van der Waals surface area (Å²) in [7, 11) is 0. The summed E-state index contributed by atoms with van der Waals surface area (Å²) in [6.07, 6.45) is 2.60. The highest BCUT2D eigenvalue weighted by Gasteiger charge is 2.33. The topological polar surface area (TPSA) is 40.5 Å². The van der Waals surface area contributed by atoms with E-state index in [0.717, 1.165) is 44.3 Å². The molecule has 0 aromatic heterocycles. The maximum atomic E-state index is 11.6. The smallest absolute Gasteiger partial charge is 0.131 e. The average molecular weight is 261 g/mol. The zero-order valence-corrected chi connectivity index (χ0v) is 11.8. The number of nitrogens with zero attached hydrogens (tertiary/aromatic N) is 1. The second kappa shape index (κ2) is 5.43. The molecule has 2 rings (SSSR count). The lowest BCUT2D eigenvalue weighted by molar-refractivity contribution is -0.113. The molecular formula is C16H23NO2. The molecule has 1 fully saturated rings. The fourth-order valence-corrected chi connectivity index (χ4v) is 2.67. The van der Waals surface area contributed by atoms with Crippen molar-refractivity contribution < 1.29 is 9.90 Å². The van der Waals surface area contributed by atoms with Crippen molar-refractivity contribution in [1.82, 2.24) is 4.90 Å².